The van der Waals surface area contributed by atoms with Gasteiger partial charge in [-0.15, -0.1) is 0 Å². The number of carbonyl (C=O) groups excluding carboxylic acids is 1. The van der Waals surface area contributed by atoms with Gasteiger partial charge in [-0.25, -0.2) is 8.42 Å². The molecular weight excluding hydrogens is 376 g/mol. The third kappa shape index (κ3) is 3.13. The Balaban J connectivity index is 2.13. The van der Waals surface area contributed by atoms with Gasteiger partial charge in [0.25, 0.3) is 5.91 Å². The molecule has 1 aliphatic rings. The third-order valence-electron chi connectivity index (χ3n) is 4.32. The molecule has 1 aliphatic heterocycles. The molecule has 1 atom stereocenters. The van der Waals surface area contributed by atoms with Gasteiger partial charge in [-0.05, 0) is 25.1 Å². The zero-order chi connectivity index (χ0) is 19.9. The Labute approximate surface area is 154 Å². The maximum absolute atomic E-state index is 12.8. The summed E-state index contributed by atoms with van der Waals surface area (Å²) < 4.78 is 27.4. The topological polar surface area (TPSA) is 141 Å². The number of hydrogen-bond acceptors (Lipinski definition) is 5. The normalized spacial score (nSPS) is 14.6. The van der Waals surface area contributed by atoms with E-state index in [1.165, 1.54) is 23.1 Å². The number of carboxylic acids is 2. The van der Waals surface area contributed by atoms with Crippen molar-refractivity contribution >= 4 is 44.3 Å². The van der Waals surface area contributed by atoms with Crippen molar-refractivity contribution in [2.24, 2.45) is 0 Å². The standard InChI is InChI=1S/C17H16N2O7S/c1-2-19-12-6-7-13(9-4-3-5-10(15(9)12)16(19)22)27(25,26)18-11(17(23)24)8-14(20)21/h3-7,11,18H,2,8H2,1H3,(H,20,21)(H,23,24)/t11-/m1/s1. The van der Waals surface area contributed by atoms with E-state index in [-0.39, 0.29) is 16.2 Å². The lowest BCUT2D eigenvalue weighted by Gasteiger charge is -2.17. The van der Waals surface area contributed by atoms with Gasteiger partial charge in [-0.2, -0.15) is 4.72 Å². The average molecular weight is 392 g/mol. The van der Waals surface area contributed by atoms with Crippen molar-refractivity contribution in [2.45, 2.75) is 24.3 Å². The van der Waals surface area contributed by atoms with Crippen LogP contribution in [0.15, 0.2) is 35.2 Å². The van der Waals surface area contributed by atoms with Crippen LogP contribution in [-0.2, 0) is 19.6 Å². The molecule has 0 radical (unpaired) electrons. The van der Waals surface area contributed by atoms with Crippen molar-refractivity contribution in [3.63, 3.8) is 0 Å². The van der Waals surface area contributed by atoms with Crippen LogP contribution >= 0.6 is 0 Å². The fourth-order valence-corrected chi connectivity index (χ4v) is 4.56. The van der Waals surface area contributed by atoms with Crippen LogP contribution in [0.4, 0.5) is 5.69 Å². The van der Waals surface area contributed by atoms with Gasteiger partial charge in [0, 0.05) is 22.9 Å². The van der Waals surface area contributed by atoms with Crippen molar-refractivity contribution in [1.29, 1.82) is 0 Å². The van der Waals surface area contributed by atoms with E-state index in [1.807, 2.05) is 4.72 Å². The van der Waals surface area contributed by atoms with Crippen LogP contribution in [0.25, 0.3) is 10.8 Å². The predicted octanol–water partition coefficient (Wildman–Crippen LogP) is 1.03. The fourth-order valence-electron chi connectivity index (χ4n) is 3.17. The number of anilines is 1. The van der Waals surface area contributed by atoms with Crippen molar-refractivity contribution < 1.29 is 33.0 Å². The molecule has 9 nitrogen and oxygen atoms in total. The van der Waals surface area contributed by atoms with Crippen LogP contribution < -0.4 is 9.62 Å². The number of aliphatic carboxylic acids is 2. The molecule has 142 valence electrons. The highest BCUT2D eigenvalue weighted by atomic mass is 32.2. The smallest absolute Gasteiger partial charge is 0.322 e. The maximum atomic E-state index is 12.8. The second-order valence-electron chi connectivity index (χ2n) is 5.97. The number of amides is 1. The summed E-state index contributed by atoms with van der Waals surface area (Å²) in [6.45, 7) is 2.21. The summed E-state index contributed by atoms with van der Waals surface area (Å²) in [5.74, 6) is -3.29. The lowest BCUT2D eigenvalue weighted by atomic mass is 10.1. The van der Waals surface area contributed by atoms with Crippen LogP contribution in [0.3, 0.4) is 0 Å². The minimum Gasteiger partial charge on any atom is -0.481 e. The Morgan fingerprint density at radius 1 is 1.19 bits per heavy atom. The van der Waals surface area contributed by atoms with E-state index in [4.69, 9.17) is 10.2 Å². The summed E-state index contributed by atoms with van der Waals surface area (Å²) in [4.78, 5) is 35.8. The number of sulfonamides is 1. The zero-order valence-corrected chi connectivity index (χ0v) is 15.0. The number of carboxylic acid groups (broad SMARTS) is 2. The van der Waals surface area contributed by atoms with E-state index >= 15 is 0 Å². The van der Waals surface area contributed by atoms with Crippen molar-refractivity contribution in [2.75, 3.05) is 11.4 Å². The molecule has 27 heavy (non-hydrogen) atoms. The molecule has 0 saturated heterocycles. The minimum atomic E-state index is -4.35. The number of rotatable bonds is 7. The molecular formula is C17H16N2O7S. The second-order valence-corrected chi connectivity index (χ2v) is 7.65. The van der Waals surface area contributed by atoms with Crippen LogP contribution in [-0.4, -0.2) is 49.1 Å². The van der Waals surface area contributed by atoms with Gasteiger partial charge in [0.05, 0.1) is 17.0 Å². The van der Waals surface area contributed by atoms with E-state index in [0.29, 0.717) is 23.2 Å². The van der Waals surface area contributed by atoms with Crippen molar-refractivity contribution in [3.8, 4) is 0 Å². The minimum absolute atomic E-state index is 0.217. The zero-order valence-electron chi connectivity index (χ0n) is 14.2. The summed E-state index contributed by atoms with van der Waals surface area (Å²) in [7, 11) is -4.35. The molecule has 0 unspecified atom stereocenters. The molecule has 1 amide bonds. The Hall–Kier alpha value is -2.98. The van der Waals surface area contributed by atoms with Gasteiger partial charge in [0.2, 0.25) is 10.0 Å². The van der Waals surface area contributed by atoms with Gasteiger partial charge in [0.15, 0.2) is 0 Å². The molecule has 0 aromatic heterocycles. The van der Waals surface area contributed by atoms with Crippen LogP contribution in [0.2, 0.25) is 0 Å². The molecule has 2 aromatic carbocycles. The lowest BCUT2D eigenvalue weighted by molar-refractivity contribution is -0.145. The van der Waals surface area contributed by atoms with Crippen molar-refractivity contribution in [1.82, 2.24) is 4.72 Å². The summed E-state index contributed by atoms with van der Waals surface area (Å²) in [6, 6.07) is 5.62. The molecule has 0 bridgehead atoms. The molecule has 2 aromatic rings. The summed E-state index contributed by atoms with van der Waals surface area (Å²) in [5.41, 5.74) is 0.939. The highest BCUT2D eigenvalue weighted by Gasteiger charge is 2.33. The SMILES string of the molecule is CCN1C(=O)c2cccc3c(S(=O)(=O)N[C@H](CC(=O)O)C(=O)O)ccc1c23. The summed E-state index contributed by atoms with van der Waals surface area (Å²) >= 11 is 0. The molecule has 0 fully saturated rings. The number of nitrogens with one attached hydrogen (secondary N) is 1. The first-order chi connectivity index (χ1) is 12.7. The predicted molar refractivity (Wildman–Crippen MR) is 95.3 cm³/mol. The maximum Gasteiger partial charge on any atom is 0.322 e. The highest BCUT2D eigenvalue weighted by Crippen LogP contribution is 2.39. The van der Waals surface area contributed by atoms with Crippen LogP contribution in [0.1, 0.15) is 23.7 Å². The van der Waals surface area contributed by atoms with E-state index in [1.54, 1.807) is 19.1 Å². The van der Waals surface area contributed by atoms with Crippen LogP contribution in [0, 0.1) is 0 Å². The van der Waals surface area contributed by atoms with Gasteiger partial charge < -0.3 is 15.1 Å². The Bertz CT molecular complexity index is 1080. The summed E-state index contributed by atoms with van der Waals surface area (Å²) in [5, 5.41) is 18.6. The lowest BCUT2D eigenvalue weighted by Crippen LogP contribution is -2.42. The highest BCUT2D eigenvalue weighted by molar-refractivity contribution is 7.89. The van der Waals surface area contributed by atoms with Crippen molar-refractivity contribution in [3.05, 3.63) is 35.9 Å². The Morgan fingerprint density at radius 3 is 2.48 bits per heavy atom. The van der Waals surface area contributed by atoms with Gasteiger partial charge >= 0.3 is 11.9 Å². The van der Waals surface area contributed by atoms with E-state index in [0.717, 1.165) is 0 Å². The molecule has 0 aliphatic carbocycles. The van der Waals surface area contributed by atoms with Crippen LogP contribution in [0.5, 0.6) is 0 Å². The Morgan fingerprint density at radius 2 is 1.89 bits per heavy atom. The molecule has 3 rings (SSSR count). The fraction of sp³-hybridized carbons (Fsp3) is 0.235. The number of nitrogens with zero attached hydrogens (tertiary/aromatic N) is 1. The van der Waals surface area contributed by atoms with Gasteiger partial charge in [-0.1, -0.05) is 12.1 Å². The number of carbonyl (C=O) groups is 3. The largest absolute Gasteiger partial charge is 0.481 e. The Kier molecular flexibility index (Phi) is 4.62. The second kappa shape index (κ2) is 6.63. The van der Waals surface area contributed by atoms with E-state index in [9.17, 15) is 22.8 Å². The molecule has 1 heterocycles. The first-order valence-electron chi connectivity index (χ1n) is 8.02. The third-order valence-corrected chi connectivity index (χ3v) is 5.85. The first kappa shape index (κ1) is 18.8. The number of benzene rings is 2. The number of hydrogen-bond donors (Lipinski definition) is 3. The summed E-state index contributed by atoms with van der Waals surface area (Å²) in [6.07, 6.45) is -0.905. The van der Waals surface area contributed by atoms with E-state index < -0.39 is 34.4 Å². The molecule has 3 N–H and O–H groups in total. The molecule has 0 spiro atoms. The van der Waals surface area contributed by atoms with E-state index in [2.05, 4.69) is 0 Å². The molecule has 10 heteroatoms. The first-order valence-corrected chi connectivity index (χ1v) is 9.50. The monoisotopic (exact) mass is 392 g/mol. The van der Waals surface area contributed by atoms with Gasteiger partial charge in [0.1, 0.15) is 6.04 Å². The van der Waals surface area contributed by atoms with Gasteiger partial charge in [-0.3, -0.25) is 14.4 Å². The molecule has 0 saturated carbocycles. The quantitative estimate of drug-likeness (QED) is 0.639. The average Bonchev–Trinajstić information content (AvgIpc) is 2.87.